The van der Waals surface area contributed by atoms with Gasteiger partial charge in [-0.05, 0) is 43.2 Å². The Morgan fingerprint density at radius 1 is 1.00 bits per heavy atom. The summed E-state index contributed by atoms with van der Waals surface area (Å²) in [6.45, 7) is 0.456. The molecule has 27 heavy (non-hydrogen) atoms. The van der Waals surface area contributed by atoms with Gasteiger partial charge in [0, 0.05) is 24.0 Å². The van der Waals surface area contributed by atoms with Crippen molar-refractivity contribution in [3.8, 4) is 0 Å². The second-order valence-electron chi connectivity index (χ2n) is 6.22. The van der Waals surface area contributed by atoms with Gasteiger partial charge in [0.1, 0.15) is 4.90 Å². The lowest BCUT2D eigenvalue weighted by Crippen LogP contribution is -2.41. The molecule has 2 aromatic rings. The van der Waals surface area contributed by atoms with Gasteiger partial charge >= 0.3 is 0 Å². The number of nitrogens with zero attached hydrogens (tertiary/aromatic N) is 1. The van der Waals surface area contributed by atoms with Crippen molar-refractivity contribution < 1.29 is 13.2 Å². The number of anilines is 1. The molecule has 0 atom stereocenters. The minimum atomic E-state index is -3.77. The molecule has 0 aromatic heterocycles. The molecule has 144 valence electrons. The lowest BCUT2D eigenvalue weighted by Gasteiger charge is -2.30. The second-order valence-corrected chi connectivity index (χ2v) is 9.38. The Hall–Kier alpha value is -1.31. The van der Waals surface area contributed by atoms with E-state index in [0.717, 1.165) is 0 Å². The Bertz CT molecular complexity index is 958. The molecule has 1 aliphatic heterocycles. The van der Waals surface area contributed by atoms with Crippen LogP contribution in [-0.2, 0) is 14.8 Å². The zero-order valence-electron chi connectivity index (χ0n) is 14.2. The van der Waals surface area contributed by atoms with Crippen molar-refractivity contribution in [3.05, 3.63) is 57.5 Å². The molecule has 1 N–H and O–H groups in total. The lowest BCUT2D eigenvalue weighted by molar-refractivity contribution is -0.120. The van der Waals surface area contributed by atoms with Crippen molar-refractivity contribution in [1.82, 2.24) is 4.31 Å². The molecule has 9 heteroatoms. The van der Waals surface area contributed by atoms with Crippen molar-refractivity contribution in [2.75, 3.05) is 18.4 Å². The average Bonchev–Trinajstić information content (AvgIpc) is 2.65. The topological polar surface area (TPSA) is 66.5 Å². The fraction of sp³-hybridized carbons (Fsp3) is 0.278. The fourth-order valence-electron chi connectivity index (χ4n) is 2.97. The molecule has 1 aliphatic rings. The summed E-state index contributed by atoms with van der Waals surface area (Å²) < 4.78 is 27.0. The largest absolute Gasteiger partial charge is 0.325 e. The van der Waals surface area contributed by atoms with Crippen LogP contribution >= 0.6 is 34.8 Å². The van der Waals surface area contributed by atoms with Gasteiger partial charge in [-0.2, -0.15) is 4.31 Å². The molecule has 0 saturated carbocycles. The van der Waals surface area contributed by atoms with Gasteiger partial charge < -0.3 is 5.32 Å². The van der Waals surface area contributed by atoms with Gasteiger partial charge in [-0.15, -0.1) is 0 Å². The highest BCUT2D eigenvalue weighted by molar-refractivity contribution is 7.89. The maximum Gasteiger partial charge on any atom is 0.244 e. The highest BCUT2D eigenvalue weighted by Gasteiger charge is 2.33. The van der Waals surface area contributed by atoms with Crippen LogP contribution in [0.25, 0.3) is 0 Å². The summed E-state index contributed by atoms with van der Waals surface area (Å²) in [6, 6.07) is 11.3. The number of halogens is 3. The van der Waals surface area contributed by atoms with Crippen LogP contribution in [0.4, 0.5) is 5.69 Å². The number of amides is 1. The molecule has 1 amide bonds. The monoisotopic (exact) mass is 446 g/mol. The summed E-state index contributed by atoms with van der Waals surface area (Å²) in [4.78, 5) is 12.5. The molecule has 2 aromatic carbocycles. The van der Waals surface area contributed by atoms with E-state index >= 15 is 0 Å². The Labute approximate surface area is 173 Å². The SMILES string of the molecule is O=C(Nc1ccccc1Cl)C1CCN(S(=O)(=O)c2cc(Cl)ccc2Cl)CC1. The van der Waals surface area contributed by atoms with Crippen LogP contribution in [0, 0.1) is 5.92 Å². The van der Waals surface area contributed by atoms with Crippen LogP contribution in [0.3, 0.4) is 0 Å². The van der Waals surface area contributed by atoms with Gasteiger partial charge in [0.15, 0.2) is 0 Å². The molecule has 0 aliphatic carbocycles. The molecule has 5 nitrogen and oxygen atoms in total. The average molecular weight is 448 g/mol. The second kappa shape index (κ2) is 8.37. The Kier molecular flexibility index (Phi) is 6.33. The van der Waals surface area contributed by atoms with Crippen molar-refractivity contribution >= 4 is 56.4 Å². The van der Waals surface area contributed by atoms with E-state index in [1.807, 2.05) is 0 Å². The maximum atomic E-state index is 12.8. The summed E-state index contributed by atoms with van der Waals surface area (Å²) in [5.74, 6) is -0.455. The number of benzene rings is 2. The molecular formula is C18H17Cl3N2O3S. The van der Waals surface area contributed by atoms with Crippen LogP contribution in [-0.4, -0.2) is 31.7 Å². The molecule has 0 bridgehead atoms. The number of hydrogen-bond acceptors (Lipinski definition) is 3. The smallest absolute Gasteiger partial charge is 0.244 e. The van der Waals surface area contributed by atoms with E-state index in [4.69, 9.17) is 34.8 Å². The highest BCUT2D eigenvalue weighted by Crippen LogP contribution is 2.31. The van der Waals surface area contributed by atoms with Gasteiger partial charge in [0.05, 0.1) is 15.7 Å². The first-order valence-corrected chi connectivity index (χ1v) is 10.9. The van der Waals surface area contributed by atoms with E-state index in [2.05, 4.69) is 5.32 Å². The molecular weight excluding hydrogens is 431 g/mol. The number of para-hydroxylation sites is 1. The van der Waals surface area contributed by atoms with E-state index in [9.17, 15) is 13.2 Å². The van der Waals surface area contributed by atoms with Crippen molar-refractivity contribution in [2.45, 2.75) is 17.7 Å². The summed E-state index contributed by atoms with van der Waals surface area (Å²) in [5, 5.41) is 3.69. The normalized spacial score (nSPS) is 16.3. The van der Waals surface area contributed by atoms with E-state index in [1.54, 1.807) is 24.3 Å². The van der Waals surface area contributed by atoms with Gasteiger partial charge in [0.25, 0.3) is 0 Å². The van der Waals surface area contributed by atoms with Crippen LogP contribution in [0.1, 0.15) is 12.8 Å². The molecule has 1 fully saturated rings. The molecule has 1 heterocycles. The molecule has 0 spiro atoms. The number of sulfonamides is 1. The predicted octanol–water partition coefficient (Wildman–Crippen LogP) is 4.69. The Balaban J connectivity index is 1.67. The number of carbonyl (C=O) groups excluding carboxylic acids is 1. The quantitative estimate of drug-likeness (QED) is 0.739. The van der Waals surface area contributed by atoms with Crippen molar-refractivity contribution in [2.24, 2.45) is 5.92 Å². The van der Waals surface area contributed by atoms with Crippen molar-refractivity contribution in [1.29, 1.82) is 0 Å². The lowest BCUT2D eigenvalue weighted by atomic mass is 9.97. The first-order chi connectivity index (χ1) is 12.8. The minimum Gasteiger partial charge on any atom is -0.325 e. The van der Waals surface area contributed by atoms with Gasteiger partial charge in [0.2, 0.25) is 15.9 Å². The van der Waals surface area contributed by atoms with Gasteiger partial charge in [-0.25, -0.2) is 8.42 Å². The maximum absolute atomic E-state index is 12.8. The predicted molar refractivity (Wildman–Crippen MR) is 108 cm³/mol. The first-order valence-electron chi connectivity index (χ1n) is 8.29. The van der Waals surface area contributed by atoms with Crippen molar-refractivity contribution in [3.63, 3.8) is 0 Å². The number of carbonyl (C=O) groups is 1. The fourth-order valence-corrected chi connectivity index (χ4v) is 5.36. The van der Waals surface area contributed by atoms with Gasteiger partial charge in [-0.3, -0.25) is 4.79 Å². The summed E-state index contributed by atoms with van der Waals surface area (Å²) in [7, 11) is -3.77. The zero-order valence-corrected chi connectivity index (χ0v) is 17.2. The zero-order chi connectivity index (χ0) is 19.6. The van der Waals surface area contributed by atoms with Crippen LogP contribution in [0.5, 0.6) is 0 Å². The number of rotatable bonds is 4. The number of hydrogen-bond donors (Lipinski definition) is 1. The third-order valence-electron chi connectivity index (χ3n) is 4.47. The van der Waals surface area contributed by atoms with Crippen LogP contribution in [0.2, 0.25) is 15.1 Å². The minimum absolute atomic E-state index is 0.0179. The number of piperidine rings is 1. The standard InChI is InChI=1S/C18H17Cl3N2O3S/c19-13-5-6-15(21)17(11-13)27(25,26)23-9-7-12(8-10-23)18(24)22-16-4-2-1-3-14(16)20/h1-6,11-12H,7-10H2,(H,22,24). The van der Waals surface area contributed by atoms with E-state index in [1.165, 1.54) is 22.5 Å². The van der Waals surface area contributed by atoms with Crippen LogP contribution < -0.4 is 5.32 Å². The Morgan fingerprint density at radius 3 is 2.33 bits per heavy atom. The van der Waals surface area contributed by atoms with E-state index < -0.39 is 10.0 Å². The van der Waals surface area contributed by atoms with Crippen LogP contribution in [0.15, 0.2) is 47.4 Å². The summed E-state index contributed by atoms with van der Waals surface area (Å²) in [6.07, 6.45) is 0.821. The highest BCUT2D eigenvalue weighted by atomic mass is 35.5. The molecule has 0 radical (unpaired) electrons. The third-order valence-corrected chi connectivity index (χ3v) is 7.41. The first kappa shape index (κ1) is 20.4. The van der Waals surface area contributed by atoms with Gasteiger partial charge in [-0.1, -0.05) is 46.9 Å². The Morgan fingerprint density at radius 2 is 1.67 bits per heavy atom. The van der Waals surface area contributed by atoms with E-state index in [-0.39, 0.29) is 34.8 Å². The molecule has 3 rings (SSSR count). The van der Waals surface area contributed by atoms with E-state index in [0.29, 0.717) is 28.6 Å². The molecule has 1 saturated heterocycles. The molecule has 0 unspecified atom stereocenters. The number of nitrogens with one attached hydrogen (secondary N) is 1. The summed E-state index contributed by atoms with van der Waals surface area (Å²) in [5.41, 5.74) is 0.546. The summed E-state index contributed by atoms with van der Waals surface area (Å²) >= 11 is 18.0. The third kappa shape index (κ3) is 4.58.